The van der Waals surface area contributed by atoms with E-state index in [4.69, 9.17) is 34.8 Å². The molecule has 0 radical (unpaired) electrons. The molecule has 96 valence electrons. The average Bonchev–Trinajstić information content (AvgIpc) is 2.77. The van der Waals surface area contributed by atoms with Crippen molar-refractivity contribution in [2.75, 3.05) is 7.05 Å². The van der Waals surface area contributed by atoms with Crippen molar-refractivity contribution in [1.82, 2.24) is 5.32 Å². The minimum Gasteiger partial charge on any atom is -0.312 e. The monoisotopic (exact) mass is 319 g/mol. The van der Waals surface area contributed by atoms with Crippen LogP contribution in [0.15, 0.2) is 30.3 Å². The van der Waals surface area contributed by atoms with Crippen LogP contribution in [-0.4, -0.2) is 7.05 Å². The second kappa shape index (κ2) is 6.27. The molecule has 5 heteroatoms. The van der Waals surface area contributed by atoms with Gasteiger partial charge in [-0.2, -0.15) is 0 Å². The third-order valence-corrected chi connectivity index (χ3v) is 4.79. The highest BCUT2D eigenvalue weighted by Gasteiger charge is 2.13. The molecule has 0 aliphatic carbocycles. The van der Waals surface area contributed by atoms with E-state index < -0.39 is 0 Å². The van der Waals surface area contributed by atoms with Crippen molar-refractivity contribution >= 4 is 46.1 Å². The molecular formula is C13H12Cl3NS. The number of likely N-dealkylation sites (N-methyl/N-ethyl adjacent to an activating group) is 1. The van der Waals surface area contributed by atoms with E-state index in [0.29, 0.717) is 10.0 Å². The van der Waals surface area contributed by atoms with Gasteiger partial charge in [-0.3, -0.25) is 0 Å². The molecule has 18 heavy (non-hydrogen) atoms. The number of hydrogen-bond acceptors (Lipinski definition) is 2. The fraction of sp³-hybridized carbons (Fsp3) is 0.231. The van der Waals surface area contributed by atoms with E-state index in [1.807, 2.05) is 37.4 Å². The van der Waals surface area contributed by atoms with Gasteiger partial charge in [0, 0.05) is 10.9 Å². The molecule has 0 amide bonds. The molecule has 0 saturated heterocycles. The van der Waals surface area contributed by atoms with Crippen LogP contribution in [0.1, 0.15) is 16.5 Å². The summed E-state index contributed by atoms with van der Waals surface area (Å²) in [5.74, 6) is 0. The van der Waals surface area contributed by atoms with Crippen molar-refractivity contribution in [3.8, 4) is 0 Å². The van der Waals surface area contributed by atoms with Crippen LogP contribution < -0.4 is 5.32 Å². The van der Waals surface area contributed by atoms with E-state index in [1.165, 1.54) is 4.88 Å². The van der Waals surface area contributed by atoms with Crippen LogP contribution in [0.25, 0.3) is 0 Å². The van der Waals surface area contributed by atoms with Crippen LogP contribution in [0.5, 0.6) is 0 Å². The van der Waals surface area contributed by atoms with Crippen molar-refractivity contribution in [3.05, 3.63) is 55.2 Å². The summed E-state index contributed by atoms with van der Waals surface area (Å²) >= 11 is 19.5. The predicted octanol–water partition coefficient (Wildman–Crippen LogP) is 5.21. The van der Waals surface area contributed by atoms with Crippen LogP contribution >= 0.6 is 46.1 Å². The van der Waals surface area contributed by atoms with E-state index >= 15 is 0 Å². The fourth-order valence-corrected chi connectivity index (χ4v) is 3.25. The van der Waals surface area contributed by atoms with Crippen molar-refractivity contribution in [1.29, 1.82) is 0 Å². The highest BCUT2D eigenvalue weighted by molar-refractivity contribution is 7.16. The first-order valence-electron chi connectivity index (χ1n) is 5.46. The SMILES string of the molecule is CNC(Cc1ccc(Cl)c(Cl)c1)c1ccc(Cl)s1. The first-order valence-corrected chi connectivity index (χ1v) is 7.41. The molecule has 1 unspecified atom stereocenters. The van der Waals surface area contributed by atoms with Crippen LogP contribution in [0.3, 0.4) is 0 Å². The zero-order valence-corrected chi connectivity index (χ0v) is 12.8. The number of rotatable bonds is 4. The molecule has 1 aromatic carbocycles. The molecule has 1 N–H and O–H groups in total. The lowest BCUT2D eigenvalue weighted by atomic mass is 10.0. The zero-order valence-electron chi connectivity index (χ0n) is 9.71. The fourth-order valence-electron chi connectivity index (χ4n) is 1.76. The molecule has 1 heterocycles. The van der Waals surface area contributed by atoms with Gasteiger partial charge in [-0.05, 0) is 43.3 Å². The van der Waals surface area contributed by atoms with Gasteiger partial charge >= 0.3 is 0 Å². The topological polar surface area (TPSA) is 12.0 Å². The number of thiophene rings is 1. The molecular weight excluding hydrogens is 309 g/mol. The molecule has 0 fully saturated rings. The summed E-state index contributed by atoms with van der Waals surface area (Å²) in [5.41, 5.74) is 1.15. The summed E-state index contributed by atoms with van der Waals surface area (Å²) in [6.07, 6.45) is 0.851. The molecule has 0 saturated carbocycles. The molecule has 1 aromatic heterocycles. The largest absolute Gasteiger partial charge is 0.312 e. The lowest BCUT2D eigenvalue weighted by molar-refractivity contribution is 0.602. The third kappa shape index (κ3) is 3.40. The molecule has 1 atom stereocenters. The second-order valence-electron chi connectivity index (χ2n) is 3.94. The minimum atomic E-state index is 0.236. The van der Waals surface area contributed by atoms with Gasteiger partial charge in [0.15, 0.2) is 0 Å². The Morgan fingerprint density at radius 2 is 1.89 bits per heavy atom. The second-order valence-corrected chi connectivity index (χ2v) is 6.50. The highest BCUT2D eigenvalue weighted by atomic mass is 35.5. The predicted molar refractivity (Wildman–Crippen MR) is 81.3 cm³/mol. The minimum absolute atomic E-state index is 0.236. The van der Waals surface area contributed by atoms with Gasteiger partial charge in [0.1, 0.15) is 0 Å². The third-order valence-electron chi connectivity index (χ3n) is 2.71. The molecule has 0 aliphatic rings. The number of hydrogen-bond donors (Lipinski definition) is 1. The lowest BCUT2D eigenvalue weighted by Gasteiger charge is -2.14. The molecule has 0 bridgehead atoms. The summed E-state index contributed by atoms with van der Waals surface area (Å²) < 4.78 is 0.805. The van der Waals surface area contributed by atoms with Crippen molar-refractivity contribution in [3.63, 3.8) is 0 Å². The Bertz CT molecular complexity index is 539. The van der Waals surface area contributed by atoms with E-state index in [1.54, 1.807) is 11.3 Å². The molecule has 1 nitrogen and oxygen atoms in total. The maximum Gasteiger partial charge on any atom is 0.0931 e. The summed E-state index contributed by atoms with van der Waals surface area (Å²) in [5, 5.41) is 4.46. The lowest BCUT2D eigenvalue weighted by Crippen LogP contribution is -2.17. The Balaban J connectivity index is 2.17. The first-order chi connectivity index (χ1) is 8.60. The first kappa shape index (κ1) is 14.2. The van der Waals surface area contributed by atoms with Gasteiger partial charge in [0.25, 0.3) is 0 Å². The van der Waals surface area contributed by atoms with E-state index in [0.717, 1.165) is 16.3 Å². The summed E-state index contributed by atoms with van der Waals surface area (Å²) in [6.45, 7) is 0. The normalized spacial score (nSPS) is 12.7. The quantitative estimate of drug-likeness (QED) is 0.815. The van der Waals surface area contributed by atoms with Crippen LogP contribution in [-0.2, 0) is 6.42 Å². The Morgan fingerprint density at radius 3 is 2.44 bits per heavy atom. The summed E-state index contributed by atoms with van der Waals surface area (Å²) in [4.78, 5) is 1.22. The van der Waals surface area contributed by atoms with Crippen molar-refractivity contribution in [2.24, 2.45) is 0 Å². The summed E-state index contributed by atoms with van der Waals surface area (Å²) in [7, 11) is 1.94. The molecule has 0 spiro atoms. The van der Waals surface area contributed by atoms with Gasteiger partial charge in [-0.15, -0.1) is 11.3 Å². The molecule has 2 rings (SSSR count). The molecule has 0 aliphatic heterocycles. The summed E-state index contributed by atoms with van der Waals surface area (Å²) in [6, 6.07) is 9.93. The van der Waals surface area contributed by atoms with Gasteiger partial charge in [0.05, 0.1) is 14.4 Å². The number of benzene rings is 1. The highest BCUT2D eigenvalue weighted by Crippen LogP contribution is 2.30. The standard InChI is InChI=1S/C13H12Cl3NS/c1-17-11(12-4-5-13(16)18-12)7-8-2-3-9(14)10(15)6-8/h2-6,11,17H,7H2,1H3. The van der Waals surface area contributed by atoms with Gasteiger partial charge in [0.2, 0.25) is 0 Å². The van der Waals surface area contributed by atoms with E-state index in [-0.39, 0.29) is 6.04 Å². The van der Waals surface area contributed by atoms with Crippen LogP contribution in [0.2, 0.25) is 14.4 Å². The Morgan fingerprint density at radius 1 is 1.11 bits per heavy atom. The van der Waals surface area contributed by atoms with E-state index in [2.05, 4.69) is 5.32 Å². The van der Waals surface area contributed by atoms with E-state index in [9.17, 15) is 0 Å². The van der Waals surface area contributed by atoms with Crippen molar-refractivity contribution in [2.45, 2.75) is 12.5 Å². The zero-order chi connectivity index (χ0) is 13.1. The van der Waals surface area contributed by atoms with Crippen LogP contribution in [0.4, 0.5) is 0 Å². The van der Waals surface area contributed by atoms with Gasteiger partial charge in [-0.1, -0.05) is 40.9 Å². The Labute approximate surface area is 126 Å². The van der Waals surface area contributed by atoms with Gasteiger partial charge < -0.3 is 5.32 Å². The Kier molecular flexibility index (Phi) is 4.93. The van der Waals surface area contributed by atoms with Gasteiger partial charge in [-0.25, -0.2) is 0 Å². The molecule has 2 aromatic rings. The smallest absolute Gasteiger partial charge is 0.0931 e. The maximum atomic E-state index is 6.02. The van der Waals surface area contributed by atoms with Crippen molar-refractivity contribution < 1.29 is 0 Å². The Hall–Kier alpha value is -0.250. The average molecular weight is 321 g/mol. The number of halogens is 3. The number of nitrogens with one attached hydrogen (secondary N) is 1. The maximum absolute atomic E-state index is 6.02. The van der Waals surface area contributed by atoms with Crippen LogP contribution in [0, 0.1) is 0 Å².